The lowest BCUT2D eigenvalue weighted by molar-refractivity contribution is -0.119. The zero-order valence-electron chi connectivity index (χ0n) is 19.3. The lowest BCUT2D eigenvalue weighted by Gasteiger charge is -2.43. The molecule has 0 bridgehead atoms. The smallest absolute Gasteiger partial charge is 0.264 e. The van der Waals surface area contributed by atoms with Gasteiger partial charge in [-0.3, -0.25) is 9.10 Å². The van der Waals surface area contributed by atoms with Gasteiger partial charge in [0, 0.05) is 18.2 Å². The summed E-state index contributed by atoms with van der Waals surface area (Å²) in [7, 11) is -3.85. The van der Waals surface area contributed by atoms with Crippen molar-refractivity contribution in [2.75, 3.05) is 9.21 Å². The normalized spacial score (nSPS) is 18.0. The number of benzene rings is 3. The Morgan fingerprint density at radius 2 is 1.61 bits per heavy atom. The lowest BCUT2D eigenvalue weighted by Crippen LogP contribution is -2.47. The minimum absolute atomic E-state index is 0.0727. The fourth-order valence-corrected chi connectivity index (χ4v) is 6.24. The molecule has 1 aliphatic heterocycles. The molecule has 0 aromatic heterocycles. The number of sulfonamides is 1. The van der Waals surface area contributed by atoms with Crippen molar-refractivity contribution in [3.05, 3.63) is 90.0 Å². The molecule has 0 saturated carbocycles. The van der Waals surface area contributed by atoms with Gasteiger partial charge in [-0.15, -0.1) is 0 Å². The Hall–Kier alpha value is -3.12. The van der Waals surface area contributed by atoms with Gasteiger partial charge in [-0.2, -0.15) is 0 Å². The summed E-state index contributed by atoms with van der Waals surface area (Å²) in [6.07, 6.45) is 1.74. The van der Waals surface area contributed by atoms with Crippen LogP contribution in [0.15, 0.2) is 83.8 Å². The van der Waals surface area contributed by atoms with Gasteiger partial charge in [0.2, 0.25) is 5.91 Å². The van der Waals surface area contributed by atoms with Crippen molar-refractivity contribution in [3.63, 3.8) is 0 Å². The number of anilines is 2. The highest BCUT2D eigenvalue weighted by molar-refractivity contribution is 7.92. The Morgan fingerprint density at radius 3 is 2.27 bits per heavy atom. The maximum absolute atomic E-state index is 14.0. The van der Waals surface area contributed by atoms with E-state index in [-0.39, 0.29) is 16.8 Å². The first kappa shape index (κ1) is 23.1. The van der Waals surface area contributed by atoms with Crippen molar-refractivity contribution >= 4 is 27.3 Å². The average molecular weight is 463 g/mol. The first-order valence-electron chi connectivity index (χ1n) is 11.4. The molecule has 2 atom stereocenters. The fourth-order valence-electron chi connectivity index (χ4n) is 4.60. The molecule has 0 saturated heterocycles. The van der Waals surface area contributed by atoms with Gasteiger partial charge >= 0.3 is 0 Å². The van der Waals surface area contributed by atoms with Crippen LogP contribution in [-0.2, 0) is 14.8 Å². The topological polar surface area (TPSA) is 57.7 Å². The summed E-state index contributed by atoms with van der Waals surface area (Å²) >= 11 is 0. The maximum atomic E-state index is 14.0. The molecule has 5 nitrogen and oxygen atoms in total. The molecule has 4 rings (SSSR count). The van der Waals surface area contributed by atoms with Crippen LogP contribution < -0.4 is 9.21 Å². The van der Waals surface area contributed by atoms with E-state index in [0.29, 0.717) is 18.5 Å². The molecule has 6 heteroatoms. The van der Waals surface area contributed by atoms with Crippen LogP contribution in [-0.4, -0.2) is 20.4 Å². The second-order valence-electron chi connectivity index (χ2n) is 8.62. The largest absolute Gasteiger partial charge is 0.309 e. The van der Waals surface area contributed by atoms with E-state index < -0.39 is 16.1 Å². The van der Waals surface area contributed by atoms with E-state index in [0.717, 1.165) is 23.2 Å². The highest BCUT2D eigenvalue weighted by Crippen LogP contribution is 2.44. The zero-order valence-corrected chi connectivity index (χ0v) is 20.1. The summed E-state index contributed by atoms with van der Waals surface area (Å²) in [5, 5.41) is 0. The van der Waals surface area contributed by atoms with Crippen LogP contribution in [0.3, 0.4) is 0 Å². The van der Waals surface area contributed by atoms with Gasteiger partial charge in [-0.25, -0.2) is 8.42 Å². The van der Waals surface area contributed by atoms with E-state index >= 15 is 0 Å². The quantitative estimate of drug-likeness (QED) is 0.461. The molecule has 172 valence electrons. The second-order valence-corrected chi connectivity index (χ2v) is 10.4. The summed E-state index contributed by atoms with van der Waals surface area (Å²) in [5.41, 5.74) is 3.25. The predicted octanol–water partition coefficient (Wildman–Crippen LogP) is 5.86. The number of amides is 1. The second kappa shape index (κ2) is 9.40. The van der Waals surface area contributed by atoms with Gasteiger partial charge in [-0.1, -0.05) is 61.0 Å². The van der Waals surface area contributed by atoms with Crippen molar-refractivity contribution in [1.29, 1.82) is 0 Å². The molecule has 0 unspecified atom stereocenters. The molecule has 3 aromatic rings. The summed E-state index contributed by atoms with van der Waals surface area (Å²) in [6.45, 7) is 5.93. The van der Waals surface area contributed by atoms with Gasteiger partial charge < -0.3 is 4.90 Å². The lowest BCUT2D eigenvalue weighted by atomic mass is 9.91. The van der Waals surface area contributed by atoms with Crippen molar-refractivity contribution in [2.24, 2.45) is 0 Å². The third-order valence-corrected chi connectivity index (χ3v) is 8.02. The molecule has 1 amide bonds. The Balaban J connectivity index is 1.88. The fraction of sp³-hybridized carbons (Fsp3) is 0.296. The molecule has 0 fully saturated rings. The van der Waals surface area contributed by atoms with Crippen LogP contribution in [0.1, 0.15) is 50.3 Å². The number of hydrogen-bond acceptors (Lipinski definition) is 3. The summed E-state index contributed by atoms with van der Waals surface area (Å²) in [6, 6.07) is 23.3. The highest BCUT2D eigenvalue weighted by atomic mass is 32.2. The molecule has 33 heavy (non-hydrogen) atoms. The minimum Gasteiger partial charge on any atom is -0.309 e. The Morgan fingerprint density at radius 1 is 0.970 bits per heavy atom. The third-order valence-electron chi connectivity index (χ3n) is 6.16. The molecule has 1 heterocycles. The van der Waals surface area contributed by atoms with Crippen LogP contribution in [0, 0.1) is 6.92 Å². The van der Waals surface area contributed by atoms with E-state index in [1.807, 2.05) is 92.4 Å². The molecule has 0 N–H and O–H groups in total. The summed E-state index contributed by atoms with van der Waals surface area (Å²) in [5.74, 6) is 0.0727. The number of para-hydroxylation sites is 2. The van der Waals surface area contributed by atoms with E-state index in [4.69, 9.17) is 0 Å². The van der Waals surface area contributed by atoms with Crippen LogP contribution in [0.2, 0.25) is 0 Å². The van der Waals surface area contributed by atoms with Gasteiger partial charge in [0.25, 0.3) is 10.0 Å². The van der Waals surface area contributed by atoms with E-state index in [1.165, 1.54) is 4.31 Å². The third kappa shape index (κ3) is 4.40. The minimum atomic E-state index is -3.85. The monoisotopic (exact) mass is 462 g/mol. The molecule has 0 spiro atoms. The predicted molar refractivity (Wildman–Crippen MR) is 133 cm³/mol. The van der Waals surface area contributed by atoms with Crippen molar-refractivity contribution in [3.8, 4) is 0 Å². The van der Waals surface area contributed by atoms with Crippen LogP contribution in [0.4, 0.5) is 11.4 Å². The molecule has 0 aliphatic carbocycles. The maximum Gasteiger partial charge on any atom is 0.264 e. The number of carbonyl (C=O) groups excluding carboxylic acids is 1. The molecule has 3 aromatic carbocycles. The molecular formula is C27H30N2O3S. The first-order valence-corrected chi connectivity index (χ1v) is 12.9. The Labute approximate surface area is 196 Å². The number of carbonyl (C=O) groups is 1. The van der Waals surface area contributed by atoms with Crippen LogP contribution in [0.5, 0.6) is 0 Å². The van der Waals surface area contributed by atoms with E-state index in [1.54, 1.807) is 12.1 Å². The van der Waals surface area contributed by atoms with Crippen molar-refractivity contribution in [2.45, 2.75) is 57.0 Å². The standard InChI is InChI=1S/C27H30N2O3S/c1-4-10-27(30)28-21(3)19-26(24-13-8-9-14-25(24)28)29(22-11-6-5-7-12-22)33(31,32)23-17-15-20(2)16-18-23/h5-9,11-18,21,26H,4,10,19H2,1-3H3/t21-,26-/m1/s1. The number of rotatable bonds is 6. The van der Waals surface area contributed by atoms with E-state index in [9.17, 15) is 13.2 Å². The Kier molecular flexibility index (Phi) is 6.56. The molecule has 0 radical (unpaired) electrons. The SMILES string of the molecule is CCCC(=O)N1c2ccccc2[C@H](N(c2ccccc2)S(=O)(=O)c2ccc(C)cc2)C[C@H]1C. The average Bonchev–Trinajstić information content (AvgIpc) is 2.80. The summed E-state index contributed by atoms with van der Waals surface area (Å²) < 4.78 is 29.6. The van der Waals surface area contributed by atoms with Crippen LogP contribution in [0.25, 0.3) is 0 Å². The van der Waals surface area contributed by atoms with Crippen LogP contribution >= 0.6 is 0 Å². The van der Waals surface area contributed by atoms with Gasteiger partial charge in [0.15, 0.2) is 0 Å². The number of nitrogens with zero attached hydrogens (tertiary/aromatic N) is 2. The first-order chi connectivity index (χ1) is 15.8. The van der Waals surface area contributed by atoms with Gasteiger partial charge in [0.1, 0.15) is 0 Å². The number of fused-ring (bicyclic) bond motifs is 1. The zero-order chi connectivity index (χ0) is 23.6. The van der Waals surface area contributed by atoms with E-state index in [2.05, 4.69) is 0 Å². The van der Waals surface area contributed by atoms with Gasteiger partial charge in [-0.05, 0) is 62.6 Å². The highest BCUT2D eigenvalue weighted by Gasteiger charge is 2.40. The molecular weight excluding hydrogens is 432 g/mol. The van der Waals surface area contributed by atoms with Gasteiger partial charge in [0.05, 0.1) is 16.6 Å². The van der Waals surface area contributed by atoms with Crippen molar-refractivity contribution < 1.29 is 13.2 Å². The number of hydrogen-bond donors (Lipinski definition) is 0. The summed E-state index contributed by atoms with van der Waals surface area (Å²) in [4.78, 5) is 15.1. The van der Waals surface area contributed by atoms with Crippen molar-refractivity contribution in [1.82, 2.24) is 0 Å². The molecule has 1 aliphatic rings. The Bertz CT molecular complexity index is 1220. The number of aryl methyl sites for hydroxylation is 1.